The molecule has 0 heterocycles. The molecule has 0 aliphatic rings. The van der Waals surface area contributed by atoms with Crippen LogP contribution in [-0.4, -0.2) is 31.9 Å². The Labute approximate surface area is 118 Å². The average Bonchev–Trinajstić information content (AvgIpc) is 2.24. The molecule has 18 heavy (non-hydrogen) atoms. The number of benzene rings is 1. The van der Waals surface area contributed by atoms with E-state index in [4.69, 9.17) is 27.9 Å². The quantitative estimate of drug-likeness (QED) is 0.606. The fourth-order valence-electron chi connectivity index (χ4n) is 1.22. The van der Waals surface area contributed by atoms with Crippen molar-refractivity contribution >= 4 is 29.4 Å². The van der Waals surface area contributed by atoms with Gasteiger partial charge in [0, 0.05) is 14.1 Å². The summed E-state index contributed by atoms with van der Waals surface area (Å²) in [4.78, 5) is 0. The summed E-state index contributed by atoms with van der Waals surface area (Å²) in [7, 11) is 3.69. The van der Waals surface area contributed by atoms with Crippen molar-refractivity contribution in [3.05, 3.63) is 27.7 Å². The van der Waals surface area contributed by atoms with Crippen LogP contribution in [0.5, 0.6) is 5.75 Å². The summed E-state index contributed by atoms with van der Waals surface area (Å²) in [6.45, 7) is 4.73. The lowest BCUT2D eigenvalue weighted by Crippen LogP contribution is -2.05. The molecule has 1 rings (SSSR count). The van der Waals surface area contributed by atoms with E-state index in [-0.39, 0.29) is 0 Å². The van der Waals surface area contributed by atoms with E-state index < -0.39 is 0 Å². The first-order valence-corrected chi connectivity index (χ1v) is 6.49. The van der Waals surface area contributed by atoms with Crippen LogP contribution in [0.1, 0.15) is 19.4 Å². The van der Waals surface area contributed by atoms with Crippen LogP contribution in [0.25, 0.3) is 0 Å². The van der Waals surface area contributed by atoms with Crippen molar-refractivity contribution in [2.24, 2.45) is 11.0 Å². The Hall–Kier alpha value is -0.930. The summed E-state index contributed by atoms with van der Waals surface area (Å²) < 4.78 is 5.59. The van der Waals surface area contributed by atoms with Crippen LogP contribution < -0.4 is 4.74 Å². The van der Waals surface area contributed by atoms with E-state index in [2.05, 4.69) is 18.9 Å². The number of ether oxygens (including phenoxy) is 1. The maximum Gasteiger partial charge on any atom is 0.156 e. The molecule has 0 unspecified atom stereocenters. The van der Waals surface area contributed by atoms with Crippen LogP contribution in [0, 0.1) is 5.92 Å². The van der Waals surface area contributed by atoms with Crippen LogP contribution >= 0.6 is 23.2 Å². The van der Waals surface area contributed by atoms with Crippen LogP contribution in [0.3, 0.4) is 0 Å². The average molecular weight is 289 g/mol. The minimum atomic E-state index is 0.423. The first-order valence-electron chi connectivity index (χ1n) is 5.73. The molecule has 0 amide bonds. The SMILES string of the molecule is CC(C)COc1c(Cl)cc(/C=N/N(C)C)cc1Cl. The van der Waals surface area contributed by atoms with Gasteiger partial charge < -0.3 is 9.75 Å². The topological polar surface area (TPSA) is 24.8 Å². The monoisotopic (exact) mass is 288 g/mol. The highest BCUT2D eigenvalue weighted by Crippen LogP contribution is 2.34. The highest BCUT2D eigenvalue weighted by atomic mass is 35.5. The lowest BCUT2D eigenvalue weighted by Gasteiger charge is -2.12. The zero-order chi connectivity index (χ0) is 13.7. The second-order valence-electron chi connectivity index (χ2n) is 4.61. The smallest absolute Gasteiger partial charge is 0.156 e. The lowest BCUT2D eigenvalue weighted by molar-refractivity contribution is 0.271. The Bertz CT molecular complexity index is 408. The van der Waals surface area contributed by atoms with Gasteiger partial charge in [-0.15, -0.1) is 0 Å². The summed E-state index contributed by atoms with van der Waals surface area (Å²) in [5.41, 5.74) is 0.843. The standard InChI is InChI=1S/C13H18Cl2N2O/c1-9(2)8-18-13-11(14)5-10(6-12(13)15)7-16-17(3)4/h5-7,9H,8H2,1-4H3/b16-7+. The fraction of sp³-hybridized carbons (Fsp3) is 0.462. The van der Waals surface area contributed by atoms with E-state index in [1.165, 1.54) is 0 Å². The molecule has 0 fully saturated rings. The summed E-state index contributed by atoms with van der Waals surface area (Å²) >= 11 is 12.3. The van der Waals surface area contributed by atoms with Crippen molar-refractivity contribution in [2.45, 2.75) is 13.8 Å². The normalized spacial score (nSPS) is 11.3. The molecule has 0 spiro atoms. The molecule has 0 aliphatic carbocycles. The minimum absolute atomic E-state index is 0.423. The minimum Gasteiger partial charge on any atom is -0.490 e. The highest BCUT2D eigenvalue weighted by molar-refractivity contribution is 6.37. The molecule has 0 atom stereocenters. The molecule has 0 aliphatic heterocycles. The number of hydrogen-bond acceptors (Lipinski definition) is 3. The second kappa shape index (κ2) is 6.86. The Kier molecular flexibility index (Phi) is 5.76. The zero-order valence-corrected chi connectivity index (χ0v) is 12.6. The van der Waals surface area contributed by atoms with Gasteiger partial charge in [0.2, 0.25) is 0 Å². The molecule has 100 valence electrons. The van der Waals surface area contributed by atoms with Crippen molar-refractivity contribution in [2.75, 3.05) is 20.7 Å². The van der Waals surface area contributed by atoms with E-state index >= 15 is 0 Å². The Morgan fingerprint density at radius 3 is 2.28 bits per heavy atom. The van der Waals surface area contributed by atoms with Gasteiger partial charge in [-0.2, -0.15) is 5.10 Å². The van der Waals surface area contributed by atoms with Crippen LogP contribution in [0.4, 0.5) is 0 Å². The van der Waals surface area contributed by atoms with E-state index in [1.54, 1.807) is 23.4 Å². The van der Waals surface area contributed by atoms with Gasteiger partial charge in [-0.05, 0) is 23.6 Å². The predicted octanol–water partition coefficient (Wildman–Crippen LogP) is 3.92. The van der Waals surface area contributed by atoms with Crippen molar-refractivity contribution in [3.8, 4) is 5.75 Å². The summed E-state index contributed by atoms with van der Waals surface area (Å²) in [5, 5.41) is 6.84. The van der Waals surface area contributed by atoms with Crippen LogP contribution in [0.2, 0.25) is 10.0 Å². The van der Waals surface area contributed by atoms with E-state index in [1.807, 2.05) is 14.1 Å². The Balaban J connectivity index is 2.90. The lowest BCUT2D eigenvalue weighted by atomic mass is 10.2. The van der Waals surface area contributed by atoms with Gasteiger partial charge in [0.15, 0.2) is 5.75 Å². The molecule has 0 saturated carbocycles. The van der Waals surface area contributed by atoms with Crippen molar-refractivity contribution < 1.29 is 4.74 Å². The number of halogens is 2. The maximum atomic E-state index is 6.15. The number of rotatable bonds is 5. The van der Waals surface area contributed by atoms with Gasteiger partial charge in [0.25, 0.3) is 0 Å². The third-order valence-electron chi connectivity index (χ3n) is 2.02. The largest absolute Gasteiger partial charge is 0.490 e. The first-order chi connectivity index (χ1) is 8.40. The second-order valence-corrected chi connectivity index (χ2v) is 5.42. The molecule has 0 N–H and O–H groups in total. The van der Waals surface area contributed by atoms with Crippen LogP contribution in [0.15, 0.2) is 17.2 Å². The first kappa shape index (κ1) is 15.1. The Morgan fingerprint density at radius 2 is 1.83 bits per heavy atom. The van der Waals surface area contributed by atoms with Gasteiger partial charge in [-0.3, -0.25) is 0 Å². The molecular weight excluding hydrogens is 271 g/mol. The zero-order valence-electron chi connectivity index (χ0n) is 11.1. The number of hydrazone groups is 1. The molecular formula is C13H18Cl2N2O. The molecule has 3 nitrogen and oxygen atoms in total. The maximum absolute atomic E-state index is 6.15. The molecule has 5 heteroatoms. The molecule has 1 aromatic carbocycles. The number of hydrogen-bond donors (Lipinski definition) is 0. The summed E-state index contributed by atoms with van der Waals surface area (Å²) in [6.07, 6.45) is 1.70. The van der Waals surface area contributed by atoms with Gasteiger partial charge in [0.1, 0.15) is 0 Å². The van der Waals surface area contributed by atoms with Crippen molar-refractivity contribution in [1.82, 2.24) is 5.01 Å². The third kappa shape index (κ3) is 4.75. The van der Waals surface area contributed by atoms with E-state index in [0.29, 0.717) is 28.3 Å². The van der Waals surface area contributed by atoms with Gasteiger partial charge >= 0.3 is 0 Å². The molecule has 0 bridgehead atoms. The Morgan fingerprint density at radius 1 is 1.28 bits per heavy atom. The van der Waals surface area contributed by atoms with Crippen molar-refractivity contribution in [1.29, 1.82) is 0 Å². The molecule has 0 aromatic heterocycles. The molecule has 1 aromatic rings. The predicted molar refractivity (Wildman–Crippen MR) is 78.1 cm³/mol. The third-order valence-corrected chi connectivity index (χ3v) is 2.58. The fourth-order valence-corrected chi connectivity index (χ4v) is 1.84. The van der Waals surface area contributed by atoms with E-state index in [9.17, 15) is 0 Å². The highest BCUT2D eigenvalue weighted by Gasteiger charge is 2.09. The molecule has 0 saturated heterocycles. The van der Waals surface area contributed by atoms with Crippen molar-refractivity contribution in [3.63, 3.8) is 0 Å². The van der Waals surface area contributed by atoms with Crippen LogP contribution in [-0.2, 0) is 0 Å². The van der Waals surface area contributed by atoms with Gasteiger partial charge in [-0.1, -0.05) is 37.0 Å². The molecule has 0 radical (unpaired) electrons. The van der Waals surface area contributed by atoms with E-state index in [0.717, 1.165) is 5.56 Å². The van der Waals surface area contributed by atoms with Gasteiger partial charge in [0.05, 0.1) is 22.9 Å². The summed E-state index contributed by atoms with van der Waals surface area (Å²) in [6, 6.07) is 3.58. The number of nitrogens with zero attached hydrogens (tertiary/aromatic N) is 2. The van der Waals surface area contributed by atoms with Gasteiger partial charge in [-0.25, -0.2) is 0 Å². The summed E-state index contributed by atoms with van der Waals surface area (Å²) in [5.74, 6) is 0.959.